The zero-order valence-corrected chi connectivity index (χ0v) is 21.5. The number of likely N-dealkylation sites (N-methyl/N-ethyl adjacent to an activating group) is 1. The Kier molecular flexibility index (Phi) is 11.5. The van der Waals surface area contributed by atoms with Crippen molar-refractivity contribution >= 4 is 41.3 Å². The van der Waals surface area contributed by atoms with E-state index < -0.39 is 0 Å². The van der Waals surface area contributed by atoms with Gasteiger partial charge in [0.1, 0.15) is 5.75 Å². The van der Waals surface area contributed by atoms with Crippen molar-refractivity contribution in [3.8, 4) is 5.75 Å². The zero-order chi connectivity index (χ0) is 20.5. The summed E-state index contributed by atoms with van der Waals surface area (Å²) in [6, 6.07) is 8.55. The molecule has 0 aliphatic rings. The summed E-state index contributed by atoms with van der Waals surface area (Å²) in [5, 5.41) is 6.74. The predicted octanol–water partition coefficient (Wildman–Crippen LogP) is 4.17. The number of nitrogens with zero attached hydrogens (tertiary/aromatic N) is 4. The fraction of sp³-hybridized carbons (Fsp3) is 0.524. The number of aliphatic imine (C=N–C) groups is 1. The summed E-state index contributed by atoms with van der Waals surface area (Å²) in [4.78, 5) is 13.6. The number of thiazole rings is 1. The first-order valence-corrected chi connectivity index (χ1v) is 10.6. The maximum Gasteiger partial charge on any atom is 0.193 e. The Morgan fingerprint density at radius 2 is 2.03 bits per heavy atom. The first-order chi connectivity index (χ1) is 13.5. The average Bonchev–Trinajstić information content (AvgIpc) is 3.12. The number of methoxy groups -OCH3 is 1. The highest BCUT2D eigenvalue weighted by atomic mass is 127. The van der Waals surface area contributed by atoms with Crippen LogP contribution in [0.25, 0.3) is 0 Å². The van der Waals surface area contributed by atoms with Crippen molar-refractivity contribution in [1.29, 1.82) is 0 Å². The van der Waals surface area contributed by atoms with E-state index in [1.54, 1.807) is 18.4 Å². The summed E-state index contributed by atoms with van der Waals surface area (Å²) in [5.41, 5.74) is 2.31. The molecule has 0 bridgehead atoms. The molecule has 0 radical (unpaired) electrons. The highest BCUT2D eigenvalue weighted by Gasteiger charge is 2.20. The summed E-state index contributed by atoms with van der Waals surface area (Å²) < 4.78 is 5.43. The summed E-state index contributed by atoms with van der Waals surface area (Å²) in [6.45, 7) is 9.88. The third-order valence-electron chi connectivity index (χ3n) is 4.82. The van der Waals surface area contributed by atoms with Gasteiger partial charge in [-0.15, -0.1) is 35.3 Å². The molecule has 162 valence electrons. The van der Waals surface area contributed by atoms with Crippen molar-refractivity contribution in [2.45, 2.75) is 33.4 Å². The highest BCUT2D eigenvalue weighted by Crippen LogP contribution is 2.24. The fourth-order valence-corrected chi connectivity index (χ4v) is 3.95. The van der Waals surface area contributed by atoms with Crippen molar-refractivity contribution in [3.63, 3.8) is 0 Å². The van der Waals surface area contributed by atoms with Gasteiger partial charge in [-0.3, -0.25) is 9.89 Å². The van der Waals surface area contributed by atoms with E-state index >= 15 is 0 Å². The number of ether oxygens (including phenoxy) is 1. The van der Waals surface area contributed by atoms with E-state index in [-0.39, 0.29) is 30.0 Å². The van der Waals surface area contributed by atoms with Crippen LogP contribution in [0.15, 0.2) is 34.6 Å². The van der Waals surface area contributed by atoms with Crippen LogP contribution >= 0.6 is 35.3 Å². The van der Waals surface area contributed by atoms with Crippen LogP contribution in [0, 0.1) is 6.92 Å². The topological polar surface area (TPSA) is 53.0 Å². The Balaban J connectivity index is 0.00000420. The molecular weight excluding hydrogens is 497 g/mol. The van der Waals surface area contributed by atoms with Gasteiger partial charge in [0, 0.05) is 26.0 Å². The Labute approximate surface area is 196 Å². The number of rotatable bonds is 9. The van der Waals surface area contributed by atoms with Gasteiger partial charge >= 0.3 is 0 Å². The lowest BCUT2D eigenvalue weighted by molar-refractivity contribution is 0.217. The largest absolute Gasteiger partial charge is 0.497 e. The molecule has 2 rings (SSSR count). The van der Waals surface area contributed by atoms with E-state index in [2.05, 4.69) is 62.5 Å². The second-order valence-electron chi connectivity index (χ2n) is 6.66. The Morgan fingerprint density at radius 3 is 2.59 bits per heavy atom. The lowest BCUT2D eigenvalue weighted by Crippen LogP contribution is -2.43. The number of aromatic nitrogens is 1. The molecule has 0 fully saturated rings. The molecule has 1 atom stereocenters. The molecule has 29 heavy (non-hydrogen) atoms. The first-order valence-electron chi connectivity index (χ1n) is 9.73. The SMILES string of the molecule is CCN(CC)C(CNC(=NC)N(C)Cc1csc(C)n1)c1cccc(OC)c1.I. The van der Waals surface area contributed by atoms with E-state index in [1.165, 1.54) is 5.56 Å². The molecule has 1 N–H and O–H groups in total. The van der Waals surface area contributed by atoms with Gasteiger partial charge in [0.15, 0.2) is 5.96 Å². The Hall–Kier alpha value is -1.39. The average molecular weight is 532 g/mol. The molecule has 6 nitrogen and oxygen atoms in total. The quantitative estimate of drug-likeness (QED) is 0.299. The molecule has 0 spiro atoms. The minimum atomic E-state index is 0. The van der Waals surface area contributed by atoms with Gasteiger partial charge in [-0.05, 0) is 37.7 Å². The zero-order valence-electron chi connectivity index (χ0n) is 18.3. The van der Waals surface area contributed by atoms with Crippen LogP contribution in [0.3, 0.4) is 0 Å². The van der Waals surface area contributed by atoms with E-state index in [0.717, 1.165) is 48.6 Å². The molecule has 1 heterocycles. The first kappa shape index (κ1) is 25.6. The maximum absolute atomic E-state index is 5.43. The molecule has 2 aromatic rings. The highest BCUT2D eigenvalue weighted by molar-refractivity contribution is 14.0. The summed E-state index contributed by atoms with van der Waals surface area (Å²) in [7, 11) is 5.58. The van der Waals surface area contributed by atoms with Crippen LogP contribution in [-0.4, -0.2) is 61.6 Å². The van der Waals surface area contributed by atoms with Crippen LogP contribution in [0.1, 0.15) is 36.2 Å². The van der Waals surface area contributed by atoms with Gasteiger partial charge in [-0.1, -0.05) is 26.0 Å². The van der Waals surface area contributed by atoms with Crippen molar-refractivity contribution in [3.05, 3.63) is 45.9 Å². The molecule has 1 aromatic carbocycles. The van der Waals surface area contributed by atoms with E-state index in [9.17, 15) is 0 Å². The monoisotopic (exact) mass is 531 g/mol. The van der Waals surface area contributed by atoms with Gasteiger partial charge in [-0.2, -0.15) is 0 Å². The minimum Gasteiger partial charge on any atom is -0.497 e. The van der Waals surface area contributed by atoms with Crippen molar-refractivity contribution in [2.75, 3.05) is 40.8 Å². The van der Waals surface area contributed by atoms with Gasteiger partial charge in [-0.25, -0.2) is 4.98 Å². The number of aryl methyl sites for hydroxylation is 1. The van der Waals surface area contributed by atoms with Crippen LogP contribution in [0.4, 0.5) is 0 Å². The van der Waals surface area contributed by atoms with Crippen LogP contribution in [0.2, 0.25) is 0 Å². The second kappa shape index (κ2) is 13.0. The molecule has 0 aliphatic heterocycles. The summed E-state index contributed by atoms with van der Waals surface area (Å²) in [5.74, 6) is 1.75. The molecule has 8 heteroatoms. The Bertz CT molecular complexity index is 763. The molecule has 1 aromatic heterocycles. The van der Waals surface area contributed by atoms with Crippen LogP contribution in [0.5, 0.6) is 5.75 Å². The molecule has 0 saturated carbocycles. The molecule has 0 amide bonds. The normalized spacial score (nSPS) is 12.4. The van der Waals surface area contributed by atoms with E-state index in [1.807, 2.05) is 27.1 Å². The van der Waals surface area contributed by atoms with Crippen molar-refractivity contribution < 1.29 is 4.74 Å². The number of nitrogens with one attached hydrogen (secondary N) is 1. The molecule has 1 unspecified atom stereocenters. The lowest BCUT2D eigenvalue weighted by atomic mass is 10.0. The summed E-state index contributed by atoms with van der Waals surface area (Å²) in [6.07, 6.45) is 0. The van der Waals surface area contributed by atoms with Gasteiger partial charge in [0.05, 0.1) is 30.4 Å². The van der Waals surface area contributed by atoms with Gasteiger partial charge in [0.25, 0.3) is 0 Å². The maximum atomic E-state index is 5.43. The molecular formula is C21H34IN5OS. The Morgan fingerprint density at radius 1 is 1.31 bits per heavy atom. The van der Waals surface area contributed by atoms with E-state index in [0.29, 0.717) is 0 Å². The number of guanidine groups is 1. The van der Waals surface area contributed by atoms with Crippen LogP contribution < -0.4 is 10.1 Å². The van der Waals surface area contributed by atoms with Crippen LogP contribution in [-0.2, 0) is 6.54 Å². The number of benzene rings is 1. The minimum absolute atomic E-state index is 0. The number of halogens is 1. The van der Waals surface area contributed by atoms with Gasteiger partial charge in [0.2, 0.25) is 0 Å². The predicted molar refractivity (Wildman–Crippen MR) is 134 cm³/mol. The molecule has 0 saturated heterocycles. The standard InChI is InChI=1S/C21H33N5OS.HI/c1-7-26(8-2)20(17-10-9-11-19(12-17)27-6)13-23-21(22-4)25(5)14-18-15-28-16(3)24-18;/h9-12,15,20H,7-8,13-14H2,1-6H3,(H,22,23);1H. The smallest absolute Gasteiger partial charge is 0.193 e. The number of hydrogen-bond acceptors (Lipinski definition) is 5. The summed E-state index contributed by atoms with van der Waals surface area (Å²) >= 11 is 1.68. The fourth-order valence-electron chi connectivity index (χ4n) is 3.34. The third kappa shape index (κ3) is 7.42. The number of hydrogen-bond donors (Lipinski definition) is 1. The van der Waals surface area contributed by atoms with E-state index in [4.69, 9.17) is 4.74 Å². The second-order valence-corrected chi connectivity index (χ2v) is 7.72. The molecule has 0 aliphatic carbocycles. The lowest BCUT2D eigenvalue weighted by Gasteiger charge is -2.32. The van der Waals surface area contributed by atoms with Gasteiger partial charge < -0.3 is 15.0 Å². The van der Waals surface area contributed by atoms with Crippen molar-refractivity contribution in [2.24, 2.45) is 4.99 Å². The van der Waals surface area contributed by atoms with Crippen molar-refractivity contribution in [1.82, 2.24) is 20.1 Å². The third-order valence-corrected chi connectivity index (χ3v) is 5.65.